The predicted octanol–water partition coefficient (Wildman–Crippen LogP) is 2.49. The van der Waals surface area contributed by atoms with Gasteiger partial charge >= 0.3 is 6.03 Å². The number of benzene rings is 1. The molecule has 1 unspecified atom stereocenters. The minimum atomic E-state index is -0.238. The number of hydrogen-bond donors (Lipinski definition) is 3. The van der Waals surface area contributed by atoms with Gasteiger partial charge in [-0.2, -0.15) is 5.10 Å². The average molecular weight is 345 g/mol. The summed E-state index contributed by atoms with van der Waals surface area (Å²) in [7, 11) is 0. The van der Waals surface area contributed by atoms with E-state index in [1.165, 1.54) is 6.33 Å². The van der Waals surface area contributed by atoms with Crippen molar-refractivity contribution in [2.75, 3.05) is 18.5 Å². The first-order valence-corrected chi connectivity index (χ1v) is 8.64. The van der Waals surface area contributed by atoms with Crippen LogP contribution in [0.25, 0.3) is 0 Å². The number of nitrogens with zero attached hydrogens (tertiary/aromatic N) is 3. The number of carbonyl (C=O) groups excluding carboxylic acids is 1. The standard InChI is InChI=1S/C18H27N5O2/c1-14(2)9-15(7-8-24)10-20-18(25)22-17-6-4-3-5-16(17)11-23-13-19-12-21-23/h3-6,12-15,24H,7-11H2,1-2H3,(H2,20,22,25). The lowest BCUT2D eigenvalue weighted by molar-refractivity contribution is 0.231. The van der Waals surface area contributed by atoms with Crippen LogP contribution in [-0.2, 0) is 6.54 Å². The quantitative estimate of drug-likeness (QED) is 0.651. The summed E-state index contributed by atoms with van der Waals surface area (Å²) in [6.45, 7) is 5.52. The molecule has 0 saturated heterocycles. The van der Waals surface area contributed by atoms with E-state index in [0.29, 0.717) is 25.4 Å². The van der Waals surface area contributed by atoms with Gasteiger partial charge < -0.3 is 15.7 Å². The van der Waals surface area contributed by atoms with Crippen molar-refractivity contribution < 1.29 is 9.90 Å². The average Bonchev–Trinajstić information content (AvgIpc) is 3.07. The molecule has 0 radical (unpaired) electrons. The summed E-state index contributed by atoms with van der Waals surface area (Å²) in [5.41, 5.74) is 1.70. The van der Waals surface area contributed by atoms with Crippen LogP contribution in [0.4, 0.5) is 10.5 Å². The molecule has 1 atom stereocenters. The smallest absolute Gasteiger partial charge is 0.319 e. The molecule has 1 aromatic heterocycles. The first-order valence-electron chi connectivity index (χ1n) is 8.64. The molecule has 2 amide bonds. The lowest BCUT2D eigenvalue weighted by Gasteiger charge is -2.19. The first-order chi connectivity index (χ1) is 12.1. The zero-order valence-electron chi connectivity index (χ0n) is 14.9. The molecule has 0 aliphatic rings. The Kier molecular flexibility index (Phi) is 7.40. The highest BCUT2D eigenvalue weighted by Crippen LogP contribution is 2.17. The maximum atomic E-state index is 12.2. The van der Waals surface area contributed by atoms with Crippen LogP contribution >= 0.6 is 0 Å². The maximum absolute atomic E-state index is 12.2. The van der Waals surface area contributed by atoms with E-state index in [9.17, 15) is 4.79 Å². The van der Waals surface area contributed by atoms with Crippen LogP contribution in [-0.4, -0.2) is 39.1 Å². The molecule has 0 saturated carbocycles. The molecule has 2 aromatic rings. The van der Waals surface area contributed by atoms with Crippen molar-refractivity contribution in [2.45, 2.75) is 33.2 Å². The van der Waals surface area contributed by atoms with Crippen molar-refractivity contribution in [3.63, 3.8) is 0 Å². The third-order valence-electron chi connectivity index (χ3n) is 3.96. The fourth-order valence-corrected chi connectivity index (χ4v) is 2.83. The lowest BCUT2D eigenvalue weighted by atomic mass is 9.94. The van der Waals surface area contributed by atoms with Gasteiger partial charge in [0, 0.05) is 18.8 Å². The van der Waals surface area contributed by atoms with E-state index in [-0.39, 0.29) is 18.6 Å². The van der Waals surface area contributed by atoms with Crippen LogP contribution in [0.2, 0.25) is 0 Å². The summed E-state index contributed by atoms with van der Waals surface area (Å²) < 4.78 is 1.71. The Morgan fingerprint density at radius 3 is 2.80 bits per heavy atom. The van der Waals surface area contributed by atoms with Crippen LogP contribution in [0.15, 0.2) is 36.9 Å². The highest BCUT2D eigenvalue weighted by Gasteiger charge is 2.13. The topological polar surface area (TPSA) is 92.1 Å². The number of carbonyl (C=O) groups is 1. The van der Waals surface area contributed by atoms with Gasteiger partial charge in [-0.1, -0.05) is 32.0 Å². The fourth-order valence-electron chi connectivity index (χ4n) is 2.83. The van der Waals surface area contributed by atoms with Crippen molar-refractivity contribution in [3.05, 3.63) is 42.5 Å². The van der Waals surface area contributed by atoms with Crippen molar-refractivity contribution in [1.82, 2.24) is 20.1 Å². The molecule has 7 heteroatoms. The Labute approximate surface area is 148 Å². The van der Waals surface area contributed by atoms with Crippen molar-refractivity contribution in [2.24, 2.45) is 11.8 Å². The van der Waals surface area contributed by atoms with Crippen LogP contribution in [0.1, 0.15) is 32.3 Å². The zero-order valence-corrected chi connectivity index (χ0v) is 14.9. The minimum Gasteiger partial charge on any atom is -0.396 e. The zero-order chi connectivity index (χ0) is 18.1. The number of amides is 2. The molecule has 0 aliphatic heterocycles. The van der Waals surface area contributed by atoms with Gasteiger partial charge in [-0.05, 0) is 36.3 Å². The Balaban J connectivity index is 1.91. The molecule has 136 valence electrons. The summed E-state index contributed by atoms with van der Waals surface area (Å²) in [4.78, 5) is 16.2. The second-order valence-electron chi connectivity index (χ2n) is 6.59. The molecule has 25 heavy (non-hydrogen) atoms. The van der Waals surface area contributed by atoms with Crippen molar-refractivity contribution >= 4 is 11.7 Å². The predicted molar refractivity (Wildman–Crippen MR) is 97.2 cm³/mol. The second kappa shape index (κ2) is 9.78. The normalized spacial score (nSPS) is 12.2. The molecular formula is C18H27N5O2. The number of para-hydroxylation sites is 1. The number of nitrogens with one attached hydrogen (secondary N) is 2. The van der Waals surface area contributed by atoms with Crippen LogP contribution in [0.3, 0.4) is 0 Å². The fraction of sp³-hybridized carbons (Fsp3) is 0.500. The van der Waals surface area contributed by atoms with Crippen molar-refractivity contribution in [1.29, 1.82) is 0 Å². The maximum Gasteiger partial charge on any atom is 0.319 e. The number of hydrogen-bond acceptors (Lipinski definition) is 4. The molecule has 1 aromatic carbocycles. The van der Waals surface area contributed by atoms with Gasteiger partial charge in [0.1, 0.15) is 12.7 Å². The Morgan fingerprint density at radius 2 is 2.12 bits per heavy atom. The van der Waals surface area contributed by atoms with Crippen LogP contribution in [0, 0.1) is 11.8 Å². The van der Waals surface area contributed by atoms with E-state index in [0.717, 1.165) is 17.7 Å². The minimum absolute atomic E-state index is 0.140. The molecule has 0 spiro atoms. The van der Waals surface area contributed by atoms with E-state index in [4.69, 9.17) is 5.11 Å². The Bertz CT molecular complexity index is 643. The number of aromatic nitrogens is 3. The largest absolute Gasteiger partial charge is 0.396 e. The third-order valence-corrected chi connectivity index (χ3v) is 3.96. The van der Waals surface area contributed by atoms with Crippen LogP contribution < -0.4 is 10.6 Å². The highest BCUT2D eigenvalue weighted by atomic mass is 16.3. The van der Waals surface area contributed by atoms with Gasteiger partial charge in [0.05, 0.1) is 6.54 Å². The van der Waals surface area contributed by atoms with E-state index in [2.05, 4.69) is 34.6 Å². The molecule has 2 rings (SSSR count). The summed E-state index contributed by atoms with van der Waals surface area (Å²) in [5, 5.41) is 19.1. The SMILES string of the molecule is CC(C)CC(CCO)CNC(=O)Nc1ccccc1Cn1cncn1. The molecule has 7 nitrogen and oxygen atoms in total. The summed E-state index contributed by atoms with van der Waals surface area (Å²) >= 11 is 0. The van der Waals surface area contributed by atoms with Gasteiger partial charge in [0.25, 0.3) is 0 Å². The number of urea groups is 1. The molecule has 0 bridgehead atoms. The van der Waals surface area contributed by atoms with E-state index in [1.807, 2.05) is 24.3 Å². The molecule has 0 aliphatic carbocycles. The lowest BCUT2D eigenvalue weighted by Crippen LogP contribution is -2.34. The number of rotatable bonds is 9. The van der Waals surface area contributed by atoms with E-state index in [1.54, 1.807) is 11.0 Å². The first kappa shape index (κ1) is 18.9. The summed E-state index contributed by atoms with van der Waals surface area (Å²) in [6.07, 6.45) is 4.80. The number of aliphatic hydroxyl groups is 1. The molecule has 1 heterocycles. The van der Waals surface area contributed by atoms with Gasteiger partial charge in [0.2, 0.25) is 0 Å². The number of anilines is 1. The molecule has 3 N–H and O–H groups in total. The number of aliphatic hydroxyl groups excluding tert-OH is 1. The second-order valence-corrected chi connectivity index (χ2v) is 6.59. The van der Waals surface area contributed by atoms with Crippen molar-refractivity contribution in [3.8, 4) is 0 Å². The van der Waals surface area contributed by atoms with Gasteiger partial charge in [0.15, 0.2) is 0 Å². The van der Waals surface area contributed by atoms with Gasteiger partial charge in [-0.25, -0.2) is 14.5 Å². The molecule has 0 fully saturated rings. The van der Waals surface area contributed by atoms with Gasteiger partial charge in [-0.3, -0.25) is 0 Å². The Hall–Kier alpha value is -2.41. The molecular weight excluding hydrogens is 318 g/mol. The third kappa shape index (κ3) is 6.54. The van der Waals surface area contributed by atoms with Gasteiger partial charge in [-0.15, -0.1) is 0 Å². The Morgan fingerprint density at radius 1 is 1.32 bits per heavy atom. The van der Waals surface area contributed by atoms with E-state index < -0.39 is 0 Å². The summed E-state index contributed by atoms with van der Waals surface area (Å²) in [6, 6.07) is 7.39. The monoisotopic (exact) mass is 345 g/mol. The van der Waals surface area contributed by atoms with E-state index >= 15 is 0 Å². The highest BCUT2D eigenvalue weighted by molar-refractivity contribution is 5.90. The van der Waals surface area contributed by atoms with Crippen LogP contribution in [0.5, 0.6) is 0 Å². The summed E-state index contributed by atoms with van der Waals surface area (Å²) in [5.74, 6) is 0.811.